The number of rotatable bonds is 5. The smallest absolute Gasteiger partial charge is 0.228 e. The molecule has 0 spiro atoms. The van der Waals surface area contributed by atoms with Crippen molar-refractivity contribution in [3.63, 3.8) is 0 Å². The molecule has 3 nitrogen and oxygen atoms in total. The number of para-hydroxylation sites is 1. The molecule has 0 aliphatic carbocycles. The van der Waals surface area contributed by atoms with Crippen LogP contribution in [-0.2, 0) is 11.2 Å². The van der Waals surface area contributed by atoms with Crippen molar-refractivity contribution in [3.8, 4) is 0 Å². The Balaban J connectivity index is 1.50. The van der Waals surface area contributed by atoms with Crippen molar-refractivity contribution in [2.45, 2.75) is 19.3 Å². The lowest BCUT2D eigenvalue weighted by molar-refractivity contribution is -0.121. The van der Waals surface area contributed by atoms with E-state index in [1.807, 2.05) is 36.4 Å². The Morgan fingerprint density at radius 1 is 1.04 bits per heavy atom. The lowest BCUT2D eigenvalue weighted by Gasteiger charge is -2.32. The minimum absolute atomic E-state index is 0.0970. The number of amides is 1. The van der Waals surface area contributed by atoms with Gasteiger partial charge in [-0.1, -0.05) is 48.5 Å². The predicted octanol–water partition coefficient (Wildman–Crippen LogP) is 3.58. The number of nitrogens with one attached hydrogen (secondary N) is 1. The molecule has 1 aliphatic rings. The van der Waals surface area contributed by atoms with Crippen LogP contribution in [0.4, 0.5) is 5.69 Å². The third-order valence-corrected chi connectivity index (χ3v) is 4.48. The van der Waals surface area contributed by atoms with E-state index >= 15 is 0 Å². The summed E-state index contributed by atoms with van der Waals surface area (Å²) in [5.41, 5.74) is 2.25. The second-order valence-electron chi connectivity index (χ2n) is 6.23. The first-order chi connectivity index (χ1) is 11.3. The quantitative estimate of drug-likeness (QED) is 0.915. The number of piperidine rings is 1. The number of likely N-dealkylation sites (tertiary alicyclic amines) is 1. The first kappa shape index (κ1) is 15.8. The van der Waals surface area contributed by atoms with E-state index in [2.05, 4.69) is 34.5 Å². The van der Waals surface area contributed by atoms with Gasteiger partial charge in [0.25, 0.3) is 0 Å². The molecular weight excluding hydrogens is 284 g/mol. The van der Waals surface area contributed by atoms with E-state index in [0.717, 1.165) is 44.6 Å². The van der Waals surface area contributed by atoms with Crippen LogP contribution in [-0.4, -0.2) is 30.4 Å². The van der Waals surface area contributed by atoms with Gasteiger partial charge in [-0.2, -0.15) is 0 Å². The van der Waals surface area contributed by atoms with E-state index in [-0.39, 0.29) is 11.8 Å². The maximum absolute atomic E-state index is 12.4. The number of hydrogen-bond acceptors (Lipinski definition) is 2. The van der Waals surface area contributed by atoms with E-state index in [1.54, 1.807) is 0 Å². The molecule has 1 amide bonds. The molecule has 0 bridgehead atoms. The van der Waals surface area contributed by atoms with Gasteiger partial charge in [-0.3, -0.25) is 4.79 Å². The van der Waals surface area contributed by atoms with Gasteiger partial charge in [0.2, 0.25) is 5.91 Å². The molecule has 1 fully saturated rings. The van der Waals surface area contributed by atoms with Crippen LogP contribution in [0.5, 0.6) is 0 Å². The van der Waals surface area contributed by atoms with Crippen molar-refractivity contribution < 1.29 is 4.79 Å². The lowest BCUT2D eigenvalue weighted by Crippen LogP contribution is -2.41. The maximum Gasteiger partial charge on any atom is 0.228 e. The molecule has 1 heterocycles. The molecule has 1 atom stereocenters. The standard InChI is InChI=1S/C20H24N2O/c23-20(21-19-11-5-2-6-12-19)18-10-7-14-22(16-18)15-13-17-8-3-1-4-9-17/h1-6,8-9,11-12,18H,7,10,13-16H2,(H,21,23). The first-order valence-corrected chi connectivity index (χ1v) is 8.43. The van der Waals surface area contributed by atoms with Crippen LogP contribution in [0.1, 0.15) is 18.4 Å². The molecular formula is C20H24N2O. The van der Waals surface area contributed by atoms with Gasteiger partial charge >= 0.3 is 0 Å². The number of benzene rings is 2. The molecule has 120 valence electrons. The van der Waals surface area contributed by atoms with Crippen LogP contribution in [0.15, 0.2) is 60.7 Å². The molecule has 3 heteroatoms. The average Bonchev–Trinajstić information content (AvgIpc) is 2.62. The zero-order valence-electron chi connectivity index (χ0n) is 13.4. The summed E-state index contributed by atoms with van der Waals surface area (Å²) in [5.74, 6) is 0.250. The van der Waals surface area contributed by atoms with Crippen LogP contribution in [0.2, 0.25) is 0 Å². The van der Waals surface area contributed by atoms with Crippen LogP contribution >= 0.6 is 0 Å². The van der Waals surface area contributed by atoms with Crippen LogP contribution in [0, 0.1) is 5.92 Å². The van der Waals surface area contributed by atoms with Crippen molar-refractivity contribution >= 4 is 11.6 Å². The Morgan fingerprint density at radius 3 is 2.48 bits per heavy atom. The summed E-state index contributed by atoms with van der Waals surface area (Å²) in [7, 11) is 0. The molecule has 1 saturated heterocycles. The van der Waals surface area contributed by atoms with Gasteiger partial charge in [0.15, 0.2) is 0 Å². The second-order valence-corrected chi connectivity index (χ2v) is 6.23. The molecule has 0 saturated carbocycles. The second kappa shape index (κ2) is 7.93. The molecule has 0 radical (unpaired) electrons. The summed E-state index contributed by atoms with van der Waals surface area (Å²) in [6.07, 6.45) is 3.13. The van der Waals surface area contributed by atoms with Gasteiger partial charge in [0, 0.05) is 18.8 Å². The highest BCUT2D eigenvalue weighted by Crippen LogP contribution is 2.19. The van der Waals surface area contributed by atoms with Crippen molar-refractivity contribution in [1.29, 1.82) is 0 Å². The highest BCUT2D eigenvalue weighted by atomic mass is 16.1. The van der Waals surface area contributed by atoms with Gasteiger partial charge in [-0.25, -0.2) is 0 Å². The molecule has 23 heavy (non-hydrogen) atoms. The Hall–Kier alpha value is -2.13. The van der Waals surface area contributed by atoms with E-state index in [4.69, 9.17) is 0 Å². The minimum Gasteiger partial charge on any atom is -0.326 e. The number of carbonyl (C=O) groups is 1. The Kier molecular flexibility index (Phi) is 5.43. The monoisotopic (exact) mass is 308 g/mol. The van der Waals surface area contributed by atoms with Gasteiger partial charge in [0.05, 0.1) is 5.92 Å². The van der Waals surface area contributed by atoms with Gasteiger partial charge in [0.1, 0.15) is 0 Å². The van der Waals surface area contributed by atoms with Crippen molar-refractivity contribution in [1.82, 2.24) is 4.90 Å². The molecule has 1 unspecified atom stereocenters. The highest BCUT2D eigenvalue weighted by Gasteiger charge is 2.25. The Morgan fingerprint density at radius 2 is 1.74 bits per heavy atom. The predicted molar refractivity (Wildman–Crippen MR) is 94.4 cm³/mol. The Labute approximate surface area is 138 Å². The summed E-state index contributed by atoms with van der Waals surface area (Å²) < 4.78 is 0. The third-order valence-electron chi connectivity index (χ3n) is 4.48. The zero-order chi connectivity index (χ0) is 15.9. The largest absolute Gasteiger partial charge is 0.326 e. The number of carbonyl (C=O) groups excluding carboxylic acids is 1. The summed E-state index contributed by atoms with van der Waals surface area (Å²) in [4.78, 5) is 14.9. The zero-order valence-corrected chi connectivity index (χ0v) is 13.4. The topological polar surface area (TPSA) is 32.3 Å². The van der Waals surface area contributed by atoms with Crippen LogP contribution in [0.3, 0.4) is 0 Å². The van der Waals surface area contributed by atoms with Gasteiger partial charge in [-0.15, -0.1) is 0 Å². The van der Waals surface area contributed by atoms with Crippen LogP contribution in [0.25, 0.3) is 0 Å². The molecule has 1 aliphatic heterocycles. The normalized spacial score (nSPS) is 18.5. The Bertz CT molecular complexity index is 612. The van der Waals surface area contributed by atoms with Crippen molar-refractivity contribution in [3.05, 3.63) is 66.2 Å². The maximum atomic E-state index is 12.4. The average molecular weight is 308 g/mol. The molecule has 2 aromatic carbocycles. The SMILES string of the molecule is O=C(Nc1ccccc1)C1CCCN(CCc2ccccc2)C1. The number of anilines is 1. The fourth-order valence-corrected chi connectivity index (χ4v) is 3.17. The summed E-state index contributed by atoms with van der Waals surface area (Å²) in [5, 5.41) is 3.04. The van der Waals surface area contributed by atoms with Crippen molar-refractivity contribution in [2.75, 3.05) is 25.0 Å². The minimum atomic E-state index is 0.0970. The number of hydrogen-bond donors (Lipinski definition) is 1. The summed E-state index contributed by atoms with van der Waals surface area (Å²) in [6, 6.07) is 20.3. The number of nitrogens with zero attached hydrogens (tertiary/aromatic N) is 1. The summed E-state index contributed by atoms with van der Waals surface area (Å²) >= 11 is 0. The fraction of sp³-hybridized carbons (Fsp3) is 0.350. The van der Waals surface area contributed by atoms with E-state index < -0.39 is 0 Å². The van der Waals surface area contributed by atoms with Gasteiger partial charge < -0.3 is 10.2 Å². The van der Waals surface area contributed by atoms with Gasteiger partial charge in [-0.05, 0) is 43.5 Å². The highest BCUT2D eigenvalue weighted by molar-refractivity contribution is 5.92. The fourth-order valence-electron chi connectivity index (χ4n) is 3.17. The van der Waals surface area contributed by atoms with E-state index in [1.165, 1.54) is 5.56 Å². The lowest BCUT2D eigenvalue weighted by atomic mass is 9.96. The van der Waals surface area contributed by atoms with Crippen molar-refractivity contribution in [2.24, 2.45) is 5.92 Å². The van der Waals surface area contributed by atoms with E-state index in [0.29, 0.717) is 0 Å². The van der Waals surface area contributed by atoms with E-state index in [9.17, 15) is 4.79 Å². The molecule has 3 rings (SSSR count). The third kappa shape index (κ3) is 4.67. The molecule has 2 aromatic rings. The summed E-state index contributed by atoms with van der Waals surface area (Å²) in [6.45, 7) is 2.99. The molecule has 1 N–H and O–H groups in total. The first-order valence-electron chi connectivity index (χ1n) is 8.43. The molecule has 0 aromatic heterocycles. The van der Waals surface area contributed by atoms with Crippen LogP contribution < -0.4 is 5.32 Å².